The van der Waals surface area contributed by atoms with Crippen LogP contribution in [0.5, 0.6) is 0 Å². The summed E-state index contributed by atoms with van der Waals surface area (Å²) in [5.41, 5.74) is 1.64. The summed E-state index contributed by atoms with van der Waals surface area (Å²) in [6, 6.07) is 9.25. The zero-order valence-corrected chi connectivity index (χ0v) is 12.5. The minimum Gasteiger partial charge on any atom is -0.396 e. The third-order valence-electron chi connectivity index (χ3n) is 5.09. The van der Waals surface area contributed by atoms with Crippen molar-refractivity contribution < 1.29 is 9.90 Å². The standard InChI is InChI=1S/C17H21N3O2/c18-8-7-11-1-5-14(6-2-11)19-17(22)20-16-13-4-3-12(9-13)15(16)10-21/h1-2,5-6,12-13,15-16,21H,3-4,7,9-10H2,(H2,19,20,22)/t12-,13-,15-,16-/m0/s1. The first-order valence-corrected chi connectivity index (χ1v) is 7.85. The number of hydrogen-bond donors (Lipinski definition) is 3. The molecule has 3 rings (SSSR count). The highest BCUT2D eigenvalue weighted by Crippen LogP contribution is 2.48. The van der Waals surface area contributed by atoms with Gasteiger partial charge in [0.1, 0.15) is 0 Å². The second-order valence-corrected chi connectivity index (χ2v) is 6.34. The average molecular weight is 299 g/mol. The summed E-state index contributed by atoms with van der Waals surface area (Å²) in [4.78, 5) is 12.2. The molecule has 3 N–H and O–H groups in total. The van der Waals surface area contributed by atoms with Gasteiger partial charge in [0.2, 0.25) is 0 Å². The predicted molar refractivity (Wildman–Crippen MR) is 83.1 cm³/mol. The Balaban J connectivity index is 1.57. The zero-order chi connectivity index (χ0) is 15.5. The Kier molecular flexibility index (Phi) is 4.30. The van der Waals surface area contributed by atoms with E-state index in [4.69, 9.17) is 5.26 Å². The molecule has 0 saturated heterocycles. The number of fused-ring (bicyclic) bond motifs is 2. The van der Waals surface area contributed by atoms with Crippen molar-refractivity contribution in [3.63, 3.8) is 0 Å². The fraction of sp³-hybridized carbons (Fsp3) is 0.529. The van der Waals surface area contributed by atoms with Crippen LogP contribution in [-0.4, -0.2) is 23.8 Å². The first kappa shape index (κ1) is 14.9. The Hall–Kier alpha value is -2.06. The van der Waals surface area contributed by atoms with Gasteiger partial charge in [-0.05, 0) is 48.8 Å². The van der Waals surface area contributed by atoms with Gasteiger partial charge in [-0.15, -0.1) is 0 Å². The maximum absolute atomic E-state index is 12.2. The fourth-order valence-corrected chi connectivity index (χ4v) is 4.01. The van der Waals surface area contributed by atoms with E-state index in [1.807, 2.05) is 12.1 Å². The van der Waals surface area contributed by atoms with Crippen LogP contribution in [0.15, 0.2) is 24.3 Å². The topological polar surface area (TPSA) is 85.2 Å². The van der Waals surface area contributed by atoms with Crippen LogP contribution in [0.25, 0.3) is 0 Å². The van der Waals surface area contributed by atoms with Gasteiger partial charge in [-0.1, -0.05) is 12.1 Å². The number of nitriles is 1. The van der Waals surface area contributed by atoms with Crippen molar-refractivity contribution in [3.05, 3.63) is 29.8 Å². The van der Waals surface area contributed by atoms with Crippen LogP contribution in [0.1, 0.15) is 24.8 Å². The number of carbonyl (C=O) groups is 1. The summed E-state index contributed by atoms with van der Waals surface area (Å²) in [7, 11) is 0. The van der Waals surface area contributed by atoms with Gasteiger partial charge in [0, 0.05) is 24.3 Å². The molecule has 0 radical (unpaired) electrons. The number of anilines is 1. The molecule has 0 aromatic heterocycles. The summed E-state index contributed by atoms with van der Waals surface area (Å²) < 4.78 is 0. The van der Waals surface area contributed by atoms with Crippen molar-refractivity contribution in [1.82, 2.24) is 5.32 Å². The average Bonchev–Trinajstić information content (AvgIpc) is 3.10. The SMILES string of the molecule is N#CCc1ccc(NC(=O)N[C@H]2[C@H]3CC[C@@H](C3)[C@@H]2CO)cc1. The van der Waals surface area contributed by atoms with Gasteiger partial charge in [0.05, 0.1) is 12.5 Å². The van der Waals surface area contributed by atoms with Crippen LogP contribution in [-0.2, 0) is 6.42 Å². The van der Waals surface area contributed by atoms with Gasteiger partial charge in [0.25, 0.3) is 0 Å². The van der Waals surface area contributed by atoms with Crippen molar-refractivity contribution in [2.45, 2.75) is 31.7 Å². The third-order valence-corrected chi connectivity index (χ3v) is 5.09. The molecule has 5 nitrogen and oxygen atoms in total. The Labute approximate surface area is 130 Å². The number of hydrogen-bond acceptors (Lipinski definition) is 3. The maximum Gasteiger partial charge on any atom is 0.319 e. The second-order valence-electron chi connectivity index (χ2n) is 6.34. The lowest BCUT2D eigenvalue weighted by atomic mass is 9.85. The van der Waals surface area contributed by atoms with Crippen molar-refractivity contribution in [1.29, 1.82) is 5.26 Å². The predicted octanol–water partition coefficient (Wildman–Crippen LogP) is 2.28. The van der Waals surface area contributed by atoms with Crippen LogP contribution in [0.3, 0.4) is 0 Å². The molecule has 4 atom stereocenters. The molecule has 0 aliphatic heterocycles. The molecule has 2 fully saturated rings. The van der Waals surface area contributed by atoms with E-state index in [0.29, 0.717) is 23.9 Å². The molecule has 1 aromatic carbocycles. The Morgan fingerprint density at radius 3 is 2.68 bits per heavy atom. The van der Waals surface area contributed by atoms with E-state index < -0.39 is 0 Å². The van der Waals surface area contributed by atoms with Crippen LogP contribution in [0.2, 0.25) is 0 Å². The Morgan fingerprint density at radius 1 is 1.27 bits per heavy atom. The number of aliphatic hydroxyl groups excluding tert-OH is 1. The smallest absolute Gasteiger partial charge is 0.319 e. The molecule has 5 heteroatoms. The number of nitrogens with one attached hydrogen (secondary N) is 2. The summed E-state index contributed by atoms with van der Waals surface area (Å²) in [5.74, 6) is 1.26. The Morgan fingerprint density at radius 2 is 2.00 bits per heavy atom. The van der Waals surface area contributed by atoms with E-state index in [1.54, 1.807) is 12.1 Å². The summed E-state index contributed by atoms with van der Waals surface area (Å²) in [6.07, 6.45) is 3.82. The number of carbonyl (C=O) groups excluding carboxylic acids is 1. The highest BCUT2D eigenvalue weighted by Gasteiger charge is 2.47. The lowest BCUT2D eigenvalue weighted by Crippen LogP contribution is -2.46. The molecule has 2 saturated carbocycles. The van der Waals surface area contributed by atoms with Gasteiger partial charge in [-0.2, -0.15) is 5.26 Å². The molecule has 2 aliphatic rings. The highest BCUT2D eigenvalue weighted by atomic mass is 16.3. The number of nitrogens with zero attached hydrogens (tertiary/aromatic N) is 1. The number of amides is 2. The van der Waals surface area contributed by atoms with Crippen LogP contribution < -0.4 is 10.6 Å². The van der Waals surface area contributed by atoms with E-state index in [1.165, 1.54) is 6.42 Å². The molecule has 2 amide bonds. The monoisotopic (exact) mass is 299 g/mol. The number of urea groups is 1. The lowest BCUT2D eigenvalue weighted by molar-refractivity contribution is 0.146. The minimum absolute atomic E-state index is 0.0848. The molecule has 2 aliphatic carbocycles. The van der Waals surface area contributed by atoms with Crippen molar-refractivity contribution in [2.75, 3.05) is 11.9 Å². The van der Waals surface area contributed by atoms with E-state index in [9.17, 15) is 9.90 Å². The van der Waals surface area contributed by atoms with Crippen LogP contribution >= 0.6 is 0 Å². The molecule has 116 valence electrons. The number of rotatable bonds is 4. The molecule has 22 heavy (non-hydrogen) atoms. The lowest BCUT2D eigenvalue weighted by Gasteiger charge is -2.30. The van der Waals surface area contributed by atoms with Crippen molar-refractivity contribution >= 4 is 11.7 Å². The first-order valence-electron chi connectivity index (χ1n) is 7.85. The van der Waals surface area contributed by atoms with E-state index in [-0.39, 0.29) is 24.6 Å². The maximum atomic E-state index is 12.2. The van der Waals surface area contributed by atoms with Crippen LogP contribution in [0, 0.1) is 29.1 Å². The number of aliphatic hydroxyl groups is 1. The first-order chi connectivity index (χ1) is 10.7. The summed E-state index contributed by atoms with van der Waals surface area (Å²) >= 11 is 0. The molecule has 0 unspecified atom stereocenters. The molecule has 1 aromatic rings. The largest absolute Gasteiger partial charge is 0.396 e. The molecular weight excluding hydrogens is 278 g/mol. The zero-order valence-electron chi connectivity index (χ0n) is 12.5. The van der Waals surface area contributed by atoms with Gasteiger partial charge < -0.3 is 15.7 Å². The molecule has 0 spiro atoms. The second kappa shape index (κ2) is 6.37. The van der Waals surface area contributed by atoms with E-state index in [2.05, 4.69) is 16.7 Å². The number of benzene rings is 1. The normalized spacial score (nSPS) is 29.1. The van der Waals surface area contributed by atoms with Crippen molar-refractivity contribution in [3.8, 4) is 6.07 Å². The molecular formula is C17H21N3O2. The fourth-order valence-electron chi connectivity index (χ4n) is 4.01. The van der Waals surface area contributed by atoms with E-state index in [0.717, 1.165) is 18.4 Å². The van der Waals surface area contributed by atoms with Gasteiger partial charge in [-0.3, -0.25) is 0 Å². The van der Waals surface area contributed by atoms with Gasteiger partial charge in [-0.25, -0.2) is 4.79 Å². The minimum atomic E-state index is -0.218. The van der Waals surface area contributed by atoms with E-state index >= 15 is 0 Å². The van der Waals surface area contributed by atoms with Crippen molar-refractivity contribution in [2.24, 2.45) is 17.8 Å². The quantitative estimate of drug-likeness (QED) is 0.797. The summed E-state index contributed by atoms with van der Waals surface area (Å²) in [5, 5.41) is 24.1. The Bertz CT molecular complexity index is 579. The summed E-state index contributed by atoms with van der Waals surface area (Å²) in [6.45, 7) is 0.148. The molecule has 0 heterocycles. The molecule has 2 bridgehead atoms. The van der Waals surface area contributed by atoms with Gasteiger partial charge >= 0.3 is 6.03 Å². The highest BCUT2D eigenvalue weighted by molar-refractivity contribution is 5.89. The third kappa shape index (κ3) is 2.93. The van der Waals surface area contributed by atoms with Gasteiger partial charge in [0.15, 0.2) is 0 Å². The van der Waals surface area contributed by atoms with Crippen LogP contribution in [0.4, 0.5) is 10.5 Å².